The van der Waals surface area contributed by atoms with Gasteiger partial charge in [0.15, 0.2) is 17.0 Å². The van der Waals surface area contributed by atoms with Crippen molar-refractivity contribution in [2.45, 2.75) is 13.0 Å². The van der Waals surface area contributed by atoms with Gasteiger partial charge in [0.05, 0.1) is 6.26 Å². The third kappa shape index (κ3) is 3.35. The van der Waals surface area contributed by atoms with Crippen LogP contribution >= 0.6 is 11.3 Å². The highest BCUT2D eigenvalue weighted by molar-refractivity contribution is 7.14. The van der Waals surface area contributed by atoms with Crippen molar-refractivity contribution in [2.24, 2.45) is 0 Å². The Balaban J connectivity index is 1.62. The highest BCUT2D eigenvalue weighted by Crippen LogP contribution is 2.25. The van der Waals surface area contributed by atoms with Gasteiger partial charge in [-0.1, -0.05) is 18.2 Å². The number of amides is 1. The Morgan fingerprint density at radius 2 is 2.09 bits per heavy atom. The normalized spacial score (nSPS) is 11.9. The summed E-state index contributed by atoms with van der Waals surface area (Å²) in [6.07, 6.45) is 0.973. The van der Waals surface area contributed by atoms with E-state index in [1.54, 1.807) is 19.3 Å². The molecule has 0 saturated heterocycles. The van der Waals surface area contributed by atoms with Gasteiger partial charge in [-0.15, -0.1) is 11.3 Å². The smallest absolute Gasteiger partial charge is 0.266 e. The van der Waals surface area contributed by atoms with E-state index >= 15 is 0 Å². The van der Waals surface area contributed by atoms with Crippen LogP contribution in [0.3, 0.4) is 0 Å². The molecule has 0 saturated carbocycles. The van der Waals surface area contributed by atoms with E-state index in [2.05, 4.69) is 10.3 Å². The average Bonchev–Trinajstić information content (AvgIpc) is 3.19. The minimum atomic E-state index is -0.613. The van der Waals surface area contributed by atoms with Crippen LogP contribution in [0.1, 0.15) is 6.92 Å². The zero-order valence-corrected chi connectivity index (χ0v) is 12.7. The first kappa shape index (κ1) is 14.3. The fourth-order valence-electron chi connectivity index (χ4n) is 1.83. The van der Waals surface area contributed by atoms with E-state index in [0.29, 0.717) is 22.3 Å². The maximum Gasteiger partial charge on any atom is 0.266 e. The molecule has 1 N–H and O–H groups in total. The minimum absolute atomic E-state index is 0.246. The lowest BCUT2D eigenvalue weighted by Gasteiger charge is -2.13. The third-order valence-corrected chi connectivity index (χ3v) is 3.69. The molecule has 0 aliphatic rings. The van der Waals surface area contributed by atoms with E-state index in [0.717, 1.165) is 0 Å². The Bertz CT molecular complexity index is 738. The van der Waals surface area contributed by atoms with Gasteiger partial charge in [-0.2, -0.15) is 0 Å². The van der Waals surface area contributed by atoms with E-state index in [1.165, 1.54) is 11.3 Å². The molecule has 3 rings (SSSR count). The highest BCUT2D eigenvalue weighted by Gasteiger charge is 2.17. The number of furan rings is 1. The lowest BCUT2D eigenvalue weighted by atomic mass is 10.3. The summed E-state index contributed by atoms with van der Waals surface area (Å²) in [5, 5.41) is 5.09. The van der Waals surface area contributed by atoms with Crippen molar-refractivity contribution in [3.05, 3.63) is 54.1 Å². The number of hydrogen-bond acceptors (Lipinski definition) is 5. The molecule has 1 unspecified atom stereocenters. The van der Waals surface area contributed by atoms with Gasteiger partial charge >= 0.3 is 0 Å². The molecule has 5 nitrogen and oxygen atoms in total. The molecule has 0 spiro atoms. The van der Waals surface area contributed by atoms with Crippen LogP contribution in [0.2, 0.25) is 0 Å². The summed E-state index contributed by atoms with van der Waals surface area (Å²) in [4.78, 5) is 16.4. The Morgan fingerprint density at radius 1 is 1.27 bits per heavy atom. The molecular weight excluding hydrogens is 300 g/mol. The van der Waals surface area contributed by atoms with Gasteiger partial charge in [-0.05, 0) is 31.2 Å². The van der Waals surface area contributed by atoms with Crippen molar-refractivity contribution in [2.75, 3.05) is 5.32 Å². The molecule has 0 radical (unpaired) electrons. The first-order chi connectivity index (χ1) is 10.7. The lowest BCUT2D eigenvalue weighted by molar-refractivity contribution is -0.122. The average molecular weight is 314 g/mol. The number of nitrogens with one attached hydrogen (secondary N) is 1. The molecule has 1 amide bonds. The second-order valence-corrected chi connectivity index (χ2v) is 5.44. The molecule has 1 aromatic carbocycles. The van der Waals surface area contributed by atoms with Gasteiger partial charge in [-0.25, -0.2) is 4.98 Å². The molecule has 6 heteroatoms. The fourth-order valence-corrected chi connectivity index (χ4v) is 2.54. The Labute approximate surface area is 131 Å². The number of anilines is 1. The van der Waals surface area contributed by atoms with E-state index in [1.807, 2.05) is 41.8 Å². The summed E-state index contributed by atoms with van der Waals surface area (Å²) < 4.78 is 10.8. The number of carbonyl (C=O) groups is 1. The molecule has 0 aliphatic heterocycles. The molecule has 1 atom stereocenters. The highest BCUT2D eigenvalue weighted by atomic mass is 32.1. The van der Waals surface area contributed by atoms with Gasteiger partial charge in [0.2, 0.25) is 0 Å². The van der Waals surface area contributed by atoms with Crippen LogP contribution in [0, 0.1) is 0 Å². The lowest BCUT2D eigenvalue weighted by Crippen LogP contribution is -2.30. The van der Waals surface area contributed by atoms with Crippen LogP contribution in [-0.2, 0) is 4.79 Å². The SMILES string of the molecule is CC(Oc1ccccc1)C(=O)Nc1nc(-c2ccco2)cs1. The van der Waals surface area contributed by atoms with Crippen molar-refractivity contribution in [3.63, 3.8) is 0 Å². The molecule has 2 heterocycles. The van der Waals surface area contributed by atoms with E-state index in [9.17, 15) is 4.79 Å². The topological polar surface area (TPSA) is 64.4 Å². The van der Waals surface area contributed by atoms with Crippen molar-refractivity contribution < 1.29 is 13.9 Å². The summed E-state index contributed by atoms with van der Waals surface area (Å²) in [5.74, 6) is 1.08. The van der Waals surface area contributed by atoms with E-state index < -0.39 is 6.10 Å². The molecular formula is C16H14N2O3S. The van der Waals surface area contributed by atoms with Crippen LogP contribution in [0.5, 0.6) is 5.75 Å². The van der Waals surface area contributed by atoms with E-state index in [-0.39, 0.29) is 5.91 Å². The first-order valence-electron chi connectivity index (χ1n) is 6.74. The maximum absolute atomic E-state index is 12.1. The number of nitrogens with zero attached hydrogens (tertiary/aromatic N) is 1. The number of ether oxygens (including phenoxy) is 1. The quantitative estimate of drug-likeness (QED) is 0.778. The number of aromatic nitrogens is 1. The number of para-hydroxylation sites is 1. The second kappa shape index (κ2) is 6.44. The monoisotopic (exact) mass is 314 g/mol. The van der Waals surface area contributed by atoms with Gasteiger partial charge in [0, 0.05) is 5.38 Å². The van der Waals surface area contributed by atoms with Gasteiger partial charge < -0.3 is 9.15 Å². The largest absolute Gasteiger partial charge is 0.481 e. The summed E-state index contributed by atoms with van der Waals surface area (Å²) in [5.41, 5.74) is 0.696. The molecule has 22 heavy (non-hydrogen) atoms. The molecule has 0 aliphatic carbocycles. The first-order valence-corrected chi connectivity index (χ1v) is 7.62. The van der Waals surface area contributed by atoms with Crippen molar-refractivity contribution in [3.8, 4) is 17.2 Å². The molecule has 112 valence electrons. The number of thiazole rings is 1. The Morgan fingerprint density at radius 3 is 2.82 bits per heavy atom. The van der Waals surface area contributed by atoms with Crippen molar-refractivity contribution in [1.82, 2.24) is 4.98 Å². The van der Waals surface area contributed by atoms with Crippen molar-refractivity contribution in [1.29, 1.82) is 0 Å². The van der Waals surface area contributed by atoms with Gasteiger partial charge in [0.25, 0.3) is 5.91 Å². The van der Waals surface area contributed by atoms with Crippen LogP contribution in [-0.4, -0.2) is 17.0 Å². The maximum atomic E-state index is 12.1. The summed E-state index contributed by atoms with van der Waals surface area (Å²) in [6, 6.07) is 12.8. The Hall–Kier alpha value is -2.60. The molecule has 0 bridgehead atoms. The number of carbonyl (C=O) groups excluding carboxylic acids is 1. The molecule has 2 aromatic heterocycles. The predicted octanol–water partition coefficient (Wildman–Crippen LogP) is 3.81. The van der Waals surface area contributed by atoms with Crippen LogP contribution in [0.4, 0.5) is 5.13 Å². The van der Waals surface area contributed by atoms with Crippen LogP contribution in [0.25, 0.3) is 11.5 Å². The van der Waals surface area contributed by atoms with Crippen LogP contribution in [0.15, 0.2) is 58.5 Å². The fraction of sp³-hybridized carbons (Fsp3) is 0.125. The summed E-state index contributed by atoms with van der Waals surface area (Å²) in [6.45, 7) is 1.70. The number of rotatable bonds is 5. The summed E-state index contributed by atoms with van der Waals surface area (Å²) in [7, 11) is 0. The standard InChI is InChI=1S/C16H14N2O3S/c1-11(21-12-6-3-2-4-7-12)15(19)18-16-17-13(10-22-16)14-8-5-9-20-14/h2-11H,1H3,(H,17,18,19). The van der Waals surface area contributed by atoms with Gasteiger partial charge in [0.1, 0.15) is 11.4 Å². The van der Waals surface area contributed by atoms with Crippen molar-refractivity contribution >= 4 is 22.4 Å². The zero-order valence-electron chi connectivity index (χ0n) is 11.9. The second-order valence-electron chi connectivity index (χ2n) is 4.58. The summed E-state index contributed by atoms with van der Waals surface area (Å²) >= 11 is 1.34. The Kier molecular flexibility index (Phi) is 4.20. The number of hydrogen-bond donors (Lipinski definition) is 1. The van der Waals surface area contributed by atoms with E-state index in [4.69, 9.17) is 9.15 Å². The predicted molar refractivity (Wildman–Crippen MR) is 85.0 cm³/mol. The molecule has 3 aromatic rings. The number of benzene rings is 1. The molecule has 0 fully saturated rings. The minimum Gasteiger partial charge on any atom is -0.481 e. The zero-order chi connectivity index (χ0) is 15.4. The third-order valence-electron chi connectivity index (χ3n) is 2.93. The van der Waals surface area contributed by atoms with Gasteiger partial charge in [-0.3, -0.25) is 10.1 Å². The van der Waals surface area contributed by atoms with Crippen LogP contribution < -0.4 is 10.1 Å².